The van der Waals surface area contributed by atoms with Crippen molar-refractivity contribution in [2.75, 3.05) is 16.3 Å². The lowest BCUT2D eigenvalue weighted by molar-refractivity contribution is 0.325. The van der Waals surface area contributed by atoms with Crippen molar-refractivity contribution in [1.29, 1.82) is 0 Å². The summed E-state index contributed by atoms with van der Waals surface area (Å²) in [6.45, 7) is 7.95. The smallest absolute Gasteiger partial charge is 0.266 e. The second-order valence-corrected chi connectivity index (χ2v) is 11.1. The average molecular weight is 469 g/mol. The SMILES string of the molecule is C#C[C@H]1c2cccc(C)c2N(S(=O)(=O)c2ccc(C)cc2)[C@H]2N(C)c3ccccc3[C@]21CC=C. The number of terminal acetylenes is 1. The predicted molar refractivity (Wildman–Crippen MR) is 139 cm³/mol. The first kappa shape index (κ1) is 22.3. The number of rotatable bonds is 4. The molecule has 0 saturated heterocycles. The van der Waals surface area contributed by atoms with Crippen molar-refractivity contribution in [3.8, 4) is 12.3 Å². The Kier molecular flexibility index (Phi) is 5.11. The molecule has 3 aromatic rings. The summed E-state index contributed by atoms with van der Waals surface area (Å²) in [5.74, 6) is 2.75. The number of allylic oxidation sites excluding steroid dienone is 1. The molecular weight excluding hydrogens is 440 g/mol. The second kappa shape index (κ2) is 7.78. The fourth-order valence-electron chi connectivity index (χ4n) is 5.96. The molecule has 172 valence electrons. The zero-order valence-corrected chi connectivity index (χ0v) is 20.5. The van der Waals surface area contributed by atoms with Crippen LogP contribution in [0.3, 0.4) is 0 Å². The minimum Gasteiger partial charge on any atom is -0.352 e. The first-order valence-electron chi connectivity index (χ1n) is 11.4. The number of aryl methyl sites for hydroxylation is 2. The van der Waals surface area contributed by atoms with Gasteiger partial charge >= 0.3 is 0 Å². The van der Waals surface area contributed by atoms with Crippen LogP contribution in [0.4, 0.5) is 11.4 Å². The van der Waals surface area contributed by atoms with E-state index in [1.807, 2.05) is 75.5 Å². The van der Waals surface area contributed by atoms with E-state index in [1.54, 1.807) is 16.4 Å². The number of sulfonamides is 1. The molecule has 2 aliphatic heterocycles. The number of fused-ring (bicyclic) bond motifs is 4. The Balaban J connectivity index is 1.90. The summed E-state index contributed by atoms with van der Waals surface area (Å²) in [5, 5.41) is 0. The molecule has 5 heteroatoms. The fraction of sp³-hybridized carbons (Fsp3) is 0.241. The van der Waals surface area contributed by atoms with E-state index < -0.39 is 21.6 Å². The molecule has 0 aromatic heterocycles. The third kappa shape index (κ3) is 2.82. The van der Waals surface area contributed by atoms with Gasteiger partial charge in [-0.2, -0.15) is 0 Å². The van der Waals surface area contributed by atoms with Gasteiger partial charge in [-0.3, -0.25) is 0 Å². The van der Waals surface area contributed by atoms with Gasteiger partial charge in [0.15, 0.2) is 0 Å². The summed E-state index contributed by atoms with van der Waals surface area (Å²) in [4.78, 5) is 2.34. The highest BCUT2D eigenvalue weighted by Gasteiger charge is 2.62. The van der Waals surface area contributed by atoms with Crippen LogP contribution in [-0.4, -0.2) is 21.6 Å². The molecule has 0 amide bonds. The van der Waals surface area contributed by atoms with Crippen molar-refractivity contribution in [1.82, 2.24) is 0 Å². The monoisotopic (exact) mass is 468 g/mol. The molecule has 34 heavy (non-hydrogen) atoms. The summed E-state index contributed by atoms with van der Waals surface area (Å²) in [5.41, 5.74) is 4.79. The lowest BCUT2D eigenvalue weighted by atomic mass is 9.63. The van der Waals surface area contributed by atoms with Crippen LogP contribution < -0.4 is 9.21 Å². The van der Waals surface area contributed by atoms with Gasteiger partial charge in [-0.15, -0.1) is 13.0 Å². The Morgan fingerprint density at radius 1 is 1.06 bits per heavy atom. The minimum absolute atomic E-state index is 0.267. The van der Waals surface area contributed by atoms with Gasteiger partial charge < -0.3 is 4.90 Å². The van der Waals surface area contributed by atoms with Crippen molar-refractivity contribution >= 4 is 21.4 Å². The highest BCUT2D eigenvalue weighted by molar-refractivity contribution is 7.92. The van der Waals surface area contributed by atoms with Crippen LogP contribution >= 0.6 is 0 Å². The Morgan fingerprint density at radius 3 is 2.44 bits per heavy atom. The number of nitrogens with zero attached hydrogens (tertiary/aromatic N) is 2. The van der Waals surface area contributed by atoms with Gasteiger partial charge in [-0.25, -0.2) is 12.7 Å². The van der Waals surface area contributed by atoms with Crippen molar-refractivity contribution in [3.05, 3.63) is 102 Å². The van der Waals surface area contributed by atoms with E-state index in [9.17, 15) is 8.42 Å². The fourth-order valence-corrected chi connectivity index (χ4v) is 7.75. The van der Waals surface area contributed by atoms with Gasteiger partial charge in [-0.1, -0.05) is 66.1 Å². The van der Waals surface area contributed by atoms with Crippen molar-refractivity contribution in [2.45, 2.75) is 42.7 Å². The van der Waals surface area contributed by atoms with Crippen LogP contribution in [0.1, 0.15) is 34.6 Å². The molecule has 0 spiro atoms. The molecule has 3 atom stereocenters. The van der Waals surface area contributed by atoms with Crippen molar-refractivity contribution in [3.63, 3.8) is 0 Å². The molecule has 2 aliphatic rings. The second-order valence-electron chi connectivity index (χ2n) is 9.26. The largest absolute Gasteiger partial charge is 0.352 e. The normalized spacial score (nSPS) is 23.0. The molecule has 0 aliphatic carbocycles. The predicted octanol–water partition coefficient (Wildman–Crippen LogP) is 5.52. The Bertz CT molecular complexity index is 1440. The van der Waals surface area contributed by atoms with E-state index >= 15 is 0 Å². The van der Waals surface area contributed by atoms with Crippen molar-refractivity contribution < 1.29 is 8.42 Å². The van der Waals surface area contributed by atoms with E-state index in [-0.39, 0.29) is 10.8 Å². The molecule has 4 nitrogen and oxygen atoms in total. The summed E-state index contributed by atoms with van der Waals surface area (Å²) in [7, 11) is -1.96. The van der Waals surface area contributed by atoms with Crippen LogP contribution in [0.5, 0.6) is 0 Å². The lowest BCUT2D eigenvalue weighted by Crippen LogP contribution is -2.62. The third-order valence-corrected chi connectivity index (χ3v) is 9.15. The number of benzene rings is 3. The van der Waals surface area contributed by atoms with Crippen molar-refractivity contribution in [2.24, 2.45) is 0 Å². The van der Waals surface area contributed by atoms with E-state index in [1.165, 1.54) is 0 Å². The molecule has 0 radical (unpaired) electrons. The zero-order valence-electron chi connectivity index (χ0n) is 19.7. The molecule has 0 unspecified atom stereocenters. The number of anilines is 2. The Hall–Kier alpha value is -3.49. The van der Waals surface area contributed by atoms with Gasteiger partial charge in [0.2, 0.25) is 0 Å². The Morgan fingerprint density at radius 2 is 1.76 bits per heavy atom. The minimum atomic E-state index is -3.92. The lowest BCUT2D eigenvalue weighted by Gasteiger charge is -2.52. The topological polar surface area (TPSA) is 40.6 Å². The highest BCUT2D eigenvalue weighted by Crippen LogP contribution is 2.61. The van der Waals surface area contributed by atoms with Crippen LogP contribution in [0.25, 0.3) is 0 Å². The summed E-state index contributed by atoms with van der Waals surface area (Å²) >= 11 is 0. The van der Waals surface area contributed by atoms with E-state index in [0.29, 0.717) is 12.1 Å². The maximum absolute atomic E-state index is 14.4. The van der Waals surface area contributed by atoms with E-state index in [2.05, 4.69) is 23.5 Å². The number of hydrogen-bond acceptors (Lipinski definition) is 3. The van der Waals surface area contributed by atoms with E-state index in [0.717, 1.165) is 27.9 Å². The van der Waals surface area contributed by atoms with Gasteiger partial charge in [-0.05, 0) is 55.2 Å². The number of likely N-dealkylation sites (N-methyl/N-ethyl adjacent to an activating group) is 1. The van der Waals surface area contributed by atoms with Crippen LogP contribution in [0, 0.1) is 26.2 Å². The molecule has 0 N–H and O–H groups in total. The Labute approximate surface area is 202 Å². The summed E-state index contributed by atoms with van der Waals surface area (Å²) < 4.78 is 30.5. The van der Waals surface area contributed by atoms with Gasteiger partial charge in [0.1, 0.15) is 6.17 Å². The maximum atomic E-state index is 14.4. The molecule has 0 bridgehead atoms. The standard InChI is InChI=1S/C29H28N2O2S/c1-6-19-29-24(7-2)23-12-10-11-21(4)27(23)31(34(32,33)22-17-15-20(3)16-18-22)28(29)30(5)26-14-9-8-13-25(26)29/h2,6,8-18,24,28H,1,19H2,3-5H3/t24-,28+,29+/m0/s1. The zero-order chi connectivity index (χ0) is 24.3. The first-order chi connectivity index (χ1) is 16.3. The third-order valence-electron chi connectivity index (χ3n) is 7.38. The first-order valence-corrected chi connectivity index (χ1v) is 12.8. The molecule has 0 fully saturated rings. The van der Waals surface area contributed by atoms with Gasteiger partial charge in [0, 0.05) is 12.7 Å². The summed E-state index contributed by atoms with van der Waals surface area (Å²) in [6, 6.07) is 21.0. The molecular formula is C29H28N2O2S. The van der Waals surface area contributed by atoms with Gasteiger partial charge in [0.25, 0.3) is 10.0 Å². The van der Waals surface area contributed by atoms with Crippen LogP contribution in [0.15, 0.2) is 84.3 Å². The summed E-state index contributed by atoms with van der Waals surface area (Å²) in [6.07, 6.45) is 8.12. The van der Waals surface area contributed by atoms with Gasteiger partial charge in [0.05, 0.1) is 21.9 Å². The van der Waals surface area contributed by atoms with E-state index in [4.69, 9.17) is 6.42 Å². The number of hydrogen-bond donors (Lipinski definition) is 0. The quantitative estimate of drug-likeness (QED) is 0.374. The molecule has 2 heterocycles. The van der Waals surface area contributed by atoms with Crippen LogP contribution in [0.2, 0.25) is 0 Å². The molecule has 3 aromatic carbocycles. The molecule has 0 saturated carbocycles. The number of para-hydroxylation sites is 2. The average Bonchev–Trinajstić information content (AvgIpc) is 3.07. The maximum Gasteiger partial charge on any atom is 0.266 e. The van der Waals surface area contributed by atoms with Crippen LogP contribution in [-0.2, 0) is 15.4 Å². The highest BCUT2D eigenvalue weighted by atomic mass is 32.2. The molecule has 5 rings (SSSR count).